The number of nitrogens with zero attached hydrogens (tertiary/aromatic N) is 1. The molecule has 3 N–H and O–H groups in total. The van der Waals surface area contributed by atoms with Crippen LogP contribution in [0.4, 0.5) is 23.2 Å². The maximum absolute atomic E-state index is 13.7. The zero-order valence-corrected chi connectivity index (χ0v) is 18.2. The molecule has 0 aliphatic rings. The van der Waals surface area contributed by atoms with E-state index in [1.54, 1.807) is 31.2 Å². The lowest BCUT2D eigenvalue weighted by Gasteiger charge is -2.16. The Hall–Kier alpha value is -3.82. The molecular weight excluding hydrogens is 454 g/mol. The van der Waals surface area contributed by atoms with Gasteiger partial charge in [0.25, 0.3) is 0 Å². The number of pyridine rings is 1. The molecule has 3 aromatic rings. The molecule has 1 unspecified atom stereocenters. The van der Waals surface area contributed by atoms with Crippen molar-refractivity contribution in [2.24, 2.45) is 0 Å². The second-order valence-corrected chi connectivity index (χ2v) is 7.39. The summed E-state index contributed by atoms with van der Waals surface area (Å²) >= 11 is 0. The minimum absolute atomic E-state index is 0.0368. The molecule has 0 saturated heterocycles. The number of nitrogens with two attached hydrogens (primary N) is 1. The number of nitrogen functional groups attached to an aromatic ring is 1. The normalized spacial score (nSPS) is 12.1. The standard InChI is InChI=1S/C24H23F4N3O3/c1-15(16-7-9-20(29)19(25)13-16)22(32)30-14-17-8-10-21(24(26,27)28)31-23(17)34-12-11-33-18-5-3-2-4-6-18/h2-10,13,15H,11-12,14,29H2,1H3,(H,30,32). The zero-order chi connectivity index (χ0) is 24.7. The lowest BCUT2D eigenvalue weighted by atomic mass is 9.99. The molecule has 0 bridgehead atoms. The number of aromatic nitrogens is 1. The minimum atomic E-state index is -4.66. The number of hydrogen-bond acceptors (Lipinski definition) is 5. The summed E-state index contributed by atoms with van der Waals surface area (Å²) in [4.78, 5) is 16.1. The van der Waals surface area contributed by atoms with E-state index >= 15 is 0 Å². The topological polar surface area (TPSA) is 86.5 Å². The van der Waals surface area contributed by atoms with Crippen LogP contribution in [-0.4, -0.2) is 24.1 Å². The molecule has 180 valence electrons. The van der Waals surface area contributed by atoms with Crippen LogP contribution in [0.3, 0.4) is 0 Å². The van der Waals surface area contributed by atoms with Gasteiger partial charge in [-0.3, -0.25) is 4.79 Å². The van der Waals surface area contributed by atoms with Crippen molar-refractivity contribution in [2.45, 2.75) is 25.6 Å². The van der Waals surface area contributed by atoms with Crippen molar-refractivity contribution in [1.29, 1.82) is 0 Å². The lowest BCUT2D eigenvalue weighted by molar-refractivity contribution is -0.141. The fourth-order valence-corrected chi connectivity index (χ4v) is 3.00. The van der Waals surface area contributed by atoms with Gasteiger partial charge in [-0.2, -0.15) is 13.2 Å². The third-order valence-electron chi connectivity index (χ3n) is 4.93. The molecule has 0 aliphatic carbocycles. The number of anilines is 1. The van der Waals surface area contributed by atoms with Gasteiger partial charge in [-0.05, 0) is 48.9 Å². The van der Waals surface area contributed by atoms with Crippen molar-refractivity contribution < 1.29 is 31.8 Å². The molecule has 34 heavy (non-hydrogen) atoms. The molecular formula is C24H23F4N3O3. The Morgan fingerprint density at radius 3 is 2.44 bits per heavy atom. The Kier molecular flexibility index (Phi) is 7.93. The zero-order valence-electron chi connectivity index (χ0n) is 18.2. The molecule has 6 nitrogen and oxygen atoms in total. The highest BCUT2D eigenvalue weighted by molar-refractivity contribution is 5.83. The number of alkyl halides is 3. The Labute approximate surface area is 193 Å². The average Bonchev–Trinajstić information content (AvgIpc) is 2.82. The third-order valence-corrected chi connectivity index (χ3v) is 4.93. The summed E-state index contributed by atoms with van der Waals surface area (Å²) < 4.78 is 64.0. The quantitative estimate of drug-likeness (QED) is 0.265. The maximum atomic E-state index is 13.7. The molecule has 1 aromatic heterocycles. The van der Waals surface area contributed by atoms with Crippen molar-refractivity contribution in [3.05, 3.63) is 83.3 Å². The van der Waals surface area contributed by atoms with Gasteiger partial charge in [-0.1, -0.05) is 24.3 Å². The largest absolute Gasteiger partial charge is 0.490 e. The van der Waals surface area contributed by atoms with E-state index in [1.807, 2.05) is 6.07 Å². The van der Waals surface area contributed by atoms with E-state index in [-0.39, 0.29) is 36.9 Å². The molecule has 10 heteroatoms. The fourth-order valence-electron chi connectivity index (χ4n) is 3.00. The molecule has 1 atom stereocenters. The summed E-state index contributed by atoms with van der Waals surface area (Å²) in [6.07, 6.45) is -4.66. The van der Waals surface area contributed by atoms with Crippen LogP contribution in [0.2, 0.25) is 0 Å². The second-order valence-electron chi connectivity index (χ2n) is 7.39. The molecule has 0 spiro atoms. The van der Waals surface area contributed by atoms with Gasteiger partial charge in [-0.25, -0.2) is 9.37 Å². The number of amides is 1. The van der Waals surface area contributed by atoms with Crippen molar-refractivity contribution in [3.63, 3.8) is 0 Å². The van der Waals surface area contributed by atoms with E-state index in [2.05, 4.69) is 10.3 Å². The van der Waals surface area contributed by atoms with Crippen LogP contribution in [0.5, 0.6) is 11.6 Å². The number of halogens is 4. The number of nitrogens with one attached hydrogen (secondary N) is 1. The van der Waals surface area contributed by atoms with Crippen molar-refractivity contribution in [3.8, 4) is 11.6 Å². The number of rotatable bonds is 9. The van der Waals surface area contributed by atoms with E-state index in [9.17, 15) is 22.4 Å². The van der Waals surface area contributed by atoms with E-state index in [4.69, 9.17) is 15.2 Å². The van der Waals surface area contributed by atoms with Crippen molar-refractivity contribution >= 4 is 11.6 Å². The first-order valence-corrected chi connectivity index (χ1v) is 10.4. The Morgan fingerprint density at radius 2 is 1.76 bits per heavy atom. The van der Waals surface area contributed by atoms with E-state index < -0.39 is 29.5 Å². The molecule has 1 heterocycles. The highest BCUT2D eigenvalue weighted by atomic mass is 19.4. The summed E-state index contributed by atoms with van der Waals surface area (Å²) in [5.41, 5.74) is 4.96. The molecule has 0 fully saturated rings. The summed E-state index contributed by atoms with van der Waals surface area (Å²) in [5, 5.41) is 2.62. The number of carbonyl (C=O) groups excluding carboxylic acids is 1. The highest BCUT2D eigenvalue weighted by Crippen LogP contribution is 2.30. The predicted octanol–water partition coefficient (Wildman–Crippen LogP) is 4.70. The Balaban J connectivity index is 1.66. The minimum Gasteiger partial charge on any atom is -0.490 e. The predicted molar refractivity (Wildman–Crippen MR) is 118 cm³/mol. The number of benzene rings is 2. The number of ether oxygens (including phenoxy) is 2. The second kappa shape index (κ2) is 10.9. The summed E-state index contributed by atoms with van der Waals surface area (Å²) in [6.45, 7) is 1.45. The molecule has 3 rings (SSSR count). The number of carbonyl (C=O) groups is 1. The van der Waals surface area contributed by atoms with Crippen LogP contribution >= 0.6 is 0 Å². The third kappa shape index (κ3) is 6.60. The maximum Gasteiger partial charge on any atom is 0.433 e. The first-order valence-electron chi connectivity index (χ1n) is 10.4. The van der Waals surface area contributed by atoms with Crippen LogP contribution in [-0.2, 0) is 17.5 Å². The molecule has 0 radical (unpaired) electrons. The summed E-state index contributed by atoms with van der Waals surface area (Å²) in [5.74, 6) is -1.50. The highest BCUT2D eigenvalue weighted by Gasteiger charge is 2.33. The average molecular weight is 477 g/mol. The van der Waals surface area contributed by atoms with Gasteiger partial charge in [0.15, 0.2) is 0 Å². The Bertz CT molecular complexity index is 1120. The van der Waals surface area contributed by atoms with Crippen LogP contribution < -0.4 is 20.5 Å². The van der Waals surface area contributed by atoms with Crippen LogP contribution in [0.1, 0.15) is 29.7 Å². The Morgan fingerprint density at radius 1 is 1.06 bits per heavy atom. The van der Waals surface area contributed by atoms with Crippen LogP contribution in [0.15, 0.2) is 60.7 Å². The molecule has 1 amide bonds. The monoisotopic (exact) mass is 477 g/mol. The van der Waals surface area contributed by atoms with Gasteiger partial charge in [0.2, 0.25) is 11.8 Å². The van der Waals surface area contributed by atoms with E-state index in [0.29, 0.717) is 11.3 Å². The van der Waals surface area contributed by atoms with Gasteiger partial charge >= 0.3 is 6.18 Å². The summed E-state index contributed by atoms with van der Waals surface area (Å²) in [6, 6.07) is 14.9. The molecule has 0 saturated carbocycles. The van der Waals surface area contributed by atoms with Gasteiger partial charge in [0.05, 0.1) is 11.6 Å². The van der Waals surface area contributed by atoms with E-state index in [1.165, 1.54) is 24.3 Å². The molecule has 0 aliphatic heterocycles. The first-order chi connectivity index (χ1) is 16.1. The lowest BCUT2D eigenvalue weighted by Crippen LogP contribution is -2.28. The first kappa shape index (κ1) is 24.8. The van der Waals surface area contributed by atoms with Gasteiger partial charge in [0.1, 0.15) is 30.5 Å². The van der Waals surface area contributed by atoms with Gasteiger partial charge < -0.3 is 20.5 Å². The van der Waals surface area contributed by atoms with Crippen LogP contribution in [0.25, 0.3) is 0 Å². The smallest absolute Gasteiger partial charge is 0.433 e. The number of hydrogen-bond donors (Lipinski definition) is 2. The number of para-hydroxylation sites is 1. The molecule has 2 aromatic carbocycles. The van der Waals surface area contributed by atoms with E-state index in [0.717, 1.165) is 6.07 Å². The fraction of sp³-hybridized carbons (Fsp3) is 0.250. The van der Waals surface area contributed by atoms with Gasteiger partial charge in [0, 0.05) is 12.1 Å². The van der Waals surface area contributed by atoms with Crippen LogP contribution in [0, 0.1) is 5.82 Å². The van der Waals surface area contributed by atoms with Crippen molar-refractivity contribution in [1.82, 2.24) is 10.3 Å². The van der Waals surface area contributed by atoms with Gasteiger partial charge in [-0.15, -0.1) is 0 Å². The SMILES string of the molecule is CC(C(=O)NCc1ccc(C(F)(F)F)nc1OCCOc1ccccc1)c1ccc(N)c(F)c1. The van der Waals surface area contributed by atoms with Crippen molar-refractivity contribution in [2.75, 3.05) is 18.9 Å². The summed E-state index contributed by atoms with van der Waals surface area (Å²) in [7, 11) is 0.